The molecule has 1 aromatic carbocycles. The largest absolute Gasteiger partial charge is 0.369 e. The van der Waals surface area contributed by atoms with E-state index in [0.717, 1.165) is 5.52 Å². The summed E-state index contributed by atoms with van der Waals surface area (Å²) in [5, 5.41) is 1.20. The van der Waals surface area contributed by atoms with Gasteiger partial charge >= 0.3 is 0 Å². The summed E-state index contributed by atoms with van der Waals surface area (Å²) in [4.78, 5) is 10.5. The van der Waals surface area contributed by atoms with Gasteiger partial charge in [0.2, 0.25) is 0 Å². The molecule has 3 rings (SSSR count). The fourth-order valence-corrected chi connectivity index (χ4v) is 1.29. The van der Waals surface area contributed by atoms with Gasteiger partial charge in [0.1, 0.15) is 0 Å². The zero-order valence-electron chi connectivity index (χ0n) is 9.48. The van der Waals surface area contributed by atoms with Crippen molar-refractivity contribution in [2.24, 2.45) is 0 Å². The predicted octanol–water partition coefficient (Wildman–Crippen LogP) is 3.07. The van der Waals surface area contributed by atoms with Gasteiger partial charge in [0.05, 0.1) is 5.52 Å². The van der Waals surface area contributed by atoms with E-state index in [1.165, 1.54) is 5.39 Å². The first kappa shape index (κ1) is 16.2. The Morgan fingerprint density at radius 1 is 0.889 bits per heavy atom. The van der Waals surface area contributed by atoms with E-state index in [1.54, 1.807) is 12.4 Å². The molecule has 18 heavy (non-hydrogen) atoms. The summed E-state index contributed by atoms with van der Waals surface area (Å²) in [6.07, 6.45) is 5.09. The fraction of sp³-hybridized carbons (Fsp3) is 0. The molecule has 0 fully saturated rings. The average molecular weight is 285 g/mol. The molecular weight excluding hydrogens is 271 g/mol. The molecule has 0 saturated heterocycles. The molecule has 96 valence electrons. The molecule has 0 unspecified atom stereocenters. The Kier molecular flexibility index (Phi) is 7.51. The number of pyridine rings is 1. The molecular formula is C12H14Cl2N4. The number of para-hydroxylation sites is 1. The Hall–Kier alpha value is -1.78. The summed E-state index contributed by atoms with van der Waals surface area (Å²) < 4.78 is 0. The number of nitrogens with zero attached hydrogens (tertiary/aromatic N) is 2. The van der Waals surface area contributed by atoms with Gasteiger partial charge in [0, 0.05) is 24.0 Å². The van der Waals surface area contributed by atoms with E-state index in [4.69, 9.17) is 5.73 Å². The minimum Gasteiger partial charge on any atom is -0.369 e. The summed E-state index contributed by atoms with van der Waals surface area (Å²) in [7, 11) is 0. The number of anilines is 1. The second-order valence-electron chi connectivity index (χ2n) is 3.17. The molecule has 6 heteroatoms. The van der Waals surface area contributed by atoms with Crippen LogP contribution in [-0.2, 0) is 0 Å². The average Bonchev–Trinajstić information content (AvgIpc) is 2.81. The Morgan fingerprint density at radius 2 is 1.61 bits per heavy atom. The van der Waals surface area contributed by atoms with Crippen LogP contribution in [0.4, 0.5) is 5.95 Å². The van der Waals surface area contributed by atoms with Crippen LogP contribution in [0.2, 0.25) is 0 Å². The van der Waals surface area contributed by atoms with E-state index >= 15 is 0 Å². The van der Waals surface area contributed by atoms with Crippen molar-refractivity contribution in [2.45, 2.75) is 0 Å². The third-order valence-electron chi connectivity index (χ3n) is 2.03. The highest BCUT2D eigenvalue weighted by Crippen LogP contribution is 2.07. The number of benzene rings is 1. The summed E-state index contributed by atoms with van der Waals surface area (Å²) in [5.41, 5.74) is 6.17. The molecule has 2 aromatic heterocycles. The zero-order valence-corrected chi connectivity index (χ0v) is 11.1. The first-order chi connectivity index (χ1) is 7.86. The van der Waals surface area contributed by atoms with Gasteiger partial charge in [-0.05, 0) is 12.1 Å². The molecule has 0 aliphatic rings. The molecule has 2 heterocycles. The highest BCUT2D eigenvalue weighted by molar-refractivity contribution is 5.85. The molecule has 0 bridgehead atoms. The number of fused-ring (bicyclic) bond motifs is 1. The summed E-state index contributed by atoms with van der Waals surface area (Å²) in [5.74, 6) is 0.468. The smallest absolute Gasteiger partial charge is 0.197 e. The van der Waals surface area contributed by atoms with Crippen LogP contribution in [0.1, 0.15) is 0 Å². The van der Waals surface area contributed by atoms with E-state index in [1.807, 2.05) is 30.5 Å². The number of hydrogen-bond donors (Lipinski definition) is 2. The lowest BCUT2D eigenvalue weighted by Crippen LogP contribution is -1.83. The number of halogens is 2. The number of aromatic nitrogens is 3. The van der Waals surface area contributed by atoms with Crippen LogP contribution in [0.25, 0.3) is 10.9 Å². The molecule has 0 atom stereocenters. The highest BCUT2D eigenvalue weighted by Gasteiger charge is 1.86. The summed E-state index contributed by atoms with van der Waals surface area (Å²) >= 11 is 0. The van der Waals surface area contributed by atoms with E-state index in [2.05, 4.69) is 27.1 Å². The van der Waals surface area contributed by atoms with Crippen molar-refractivity contribution in [1.29, 1.82) is 0 Å². The molecule has 0 aliphatic carbocycles. The van der Waals surface area contributed by atoms with Crippen molar-refractivity contribution in [1.82, 2.24) is 15.0 Å². The Bertz CT molecular complexity index is 489. The minimum atomic E-state index is 0. The number of H-pyrrole nitrogens is 1. The Balaban J connectivity index is 0.000000319. The molecule has 0 aliphatic heterocycles. The fourth-order valence-electron chi connectivity index (χ4n) is 1.29. The summed E-state index contributed by atoms with van der Waals surface area (Å²) in [6.45, 7) is 0. The van der Waals surface area contributed by atoms with Crippen LogP contribution in [0.3, 0.4) is 0 Å². The lowest BCUT2D eigenvalue weighted by molar-refractivity contribution is 1.33. The molecule has 0 saturated carbocycles. The normalized spacial score (nSPS) is 8.44. The molecule has 0 amide bonds. The van der Waals surface area contributed by atoms with Gasteiger partial charge in [-0.3, -0.25) is 4.98 Å². The third kappa shape index (κ3) is 4.61. The quantitative estimate of drug-likeness (QED) is 0.667. The molecule has 0 radical (unpaired) electrons. The predicted molar refractivity (Wildman–Crippen MR) is 79.2 cm³/mol. The van der Waals surface area contributed by atoms with Gasteiger partial charge in [-0.1, -0.05) is 24.3 Å². The number of hydrogen-bond acceptors (Lipinski definition) is 3. The van der Waals surface area contributed by atoms with Crippen LogP contribution in [0.5, 0.6) is 0 Å². The number of nitrogens with two attached hydrogens (primary N) is 1. The van der Waals surface area contributed by atoms with Gasteiger partial charge < -0.3 is 10.7 Å². The van der Waals surface area contributed by atoms with Gasteiger partial charge in [-0.25, -0.2) is 4.98 Å². The molecule has 0 spiro atoms. The number of nitrogens with one attached hydrogen (secondary N) is 1. The van der Waals surface area contributed by atoms with Crippen LogP contribution < -0.4 is 5.73 Å². The second kappa shape index (κ2) is 8.33. The Morgan fingerprint density at radius 3 is 2.17 bits per heavy atom. The van der Waals surface area contributed by atoms with Crippen molar-refractivity contribution in [3.8, 4) is 0 Å². The maximum Gasteiger partial charge on any atom is 0.197 e. The maximum absolute atomic E-state index is 5.11. The number of rotatable bonds is 0. The van der Waals surface area contributed by atoms with Crippen molar-refractivity contribution < 1.29 is 0 Å². The van der Waals surface area contributed by atoms with Crippen LogP contribution in [0, 0.1) is 0 Å². The van der Waals surface area contributed by atoms with Gasteiger partial charge in [0.25, 0.3) is 0 Å². The van der Waals surface area contributed by atoms with Gasteiger partial charge in [-0.15, -0.1) is 24.8 Å². The lowest BCUT2D eigenvalue weighted by atomic mass is 10.2. The SMILES string of the molecule is Cl.Cl.Nc1ncc[nH]1.c1ccc2ncccc2c1. The second-order valence-corrected chi connectivity index (χ2v) is 3.17. The minimum absolute atomic E-state index is 0. The highest BCUT2D eigenvalue weighted by atomic mass is 35.5. The number of imidazole rings is 1. The first-order valence-electron chi connectivity index (χ1n) is 4.91. The van der Waals surface area contributed by atoms with Crippen LogP contribution >= 0.6 is 24.8 Å². The van der Waals surface area contributed by atoms with Gasteiger partial charge in [-0.2, -0.15) is 0 Å². The van der Waals surface area contributed by atoms with Gasteiger partial charge in [0.15, 0.2) is 5.95 Å². The van der Waals surface area contributed by atoms with Crippen molar-refractivity contribution in [3.63, 3.8) is 0 Å². The van der Waals surface area contributed by atoms with Crippen LogP contribution in [-0.4, -0.2) is 15.0 Å². The summed E-state index contributed by atoms with van der Waals surface area (Å²) in [6, 6.07) is 12.1. The number of nitrogen functional groups attached to an aromatic ring is 1. The van der Waals surface area contributed by atoms with E-state index < -0.39 is 0 Å². The standard InChI is InChI=1S/C9H7N.C3H5N3.2ClH/c1-2-6-9-8(4-1)5-3-7-10-9;4-3-5-1-2-6-3;;/h1-7H;1-2H,(H3,4,5,6);2*1H. The van der Waals surface area contributed by atoms with Crippen LogP contribution in [0.15, 0.2) is 55.0 Å². The first-order valence-corrected chi connectivity index (χ1v) is 4.91. The van der Waals surface area contributed by atoms with E-state index in [0.29, 0.717) is 5.95 Å². The molecule has 3 aromatic rings. The third-order valence-corrected chi connectivity index (χ3v) is 2.03. The molecule has 4 nitrogen and oxygen atoms in total. The Labute approximate surface area is 117 Å². The topological polar surface area (TPSA) is 67.6 Å². The monoisotopic (exact) mass is 284 g/mol. The lowest BCUT2D eigenvalue weighted by Gasteiger charge is -1.91. The zero-order chi connectivity index (χ0) is 11.2. The molecule has 3 N–H and O–H groups in total. The van der Waals surface area contributed by atoms with Crippen molar-refractivity contribution in [3.05, 3.63) is 55.0 Å². The van der Waals surface area contributed by atoms with Crippen molar-refractivity contribution >= 4 is 41.7 Å². The van der Waals surface area contributed by atoms with E-state index in [-0.39, 0.29) is 24.8 Å². The maximum atomic E-state index is 5.11. The van der Waals surface area contributed by atoms with E-state index in [9.17, 15) is 0 Å². The van der Waals surface area contributed by atoms with Crippen molar-refractivity contribution in [2.75, 3.05) is 5.73 Å². The number of aromatic amines is 1.